The molecule has 0 fully saturated rings. The predicted molar refractivity (Wildman–Crippen MR) is 89.9 cm³/mol. The smallest absolute Gasteiger partial charge is 0.258 e. The number of hydrogen-bond donors (Lipinski definition) is 1. The maximum Gasteiger partial charge on any atom is 0.258 e. The molecule has 1 aromatic heterocycles. The fourth-order valence-electron chi connectivity index (χ4n) is 1.98. The third-order valence-corrected chi connectivity index (χ3v) is 3.94. The van der Waals surface area contributed by atoms with Gasteiger partial charge in [-0.25, -0.2) is 4.98 Å². The van der Waals surface area contributed by atoms with E-state index < -0.39 is 0 Å². The highest BCUT2D eigenvalue weighted by Crippen LogP contribution is 2.37. The molecule has 1 heterocycles. The van der Waals surface area contributed by atoms with Gasteiger partial charge in [0.15, 0.2) is 12.4 Å². The van der Waals surface area contributed by atoms with Crippen LogP contribution >= 0.6 is 23.2 Å². The number of aromatic nitrogens is 1. The number of benzene rings is 1. The zero-order valence-corrected chi connectivity index (χ0v) is 14.3. The van der Waals surface area contributed by atoms with Gasteiger partial charge in [-0.2, -0.15) is 0 Å². The first-order valence-electron chi connectivity index (χ1n) is 7.10. The Morgan fingerprint density at radius 3 is 2.77 bits per heavy atom. The number of aryl methyl sites for hydroxylation is 1. The summed E-state index contributed by atoms with van der Waals surface area (Å²) in [5.41, 5.74) is 1.38. The van der Waals surface area contributed by atoms with Crippen molar-refractivity contribution in [3.8, 4) is 5.75 Å². The minimum Gasteiger partial charge on any atom is -0.480 e. The van der Waals surface area contributed by atoms with Crippen molar-refractivity contribution in [1.29, 1.82) is 0 Å². The number of nitrogens with one attached hydrogen (secondary N) is 1. The van der Waals surface area contributed by atoms with E-state index in [0.717, 1.165) is 17.5 Å². The van der Waals surface area contributed by atoms with Gasteiger partial charge in [-0.1, -0.05) is 30.1 Å². The molecule has 0 saturated heterocycles. The van der Waals surface area contributed by atoms with Gasteiger partial charge in [-0.3, -0.25) is 4.79 Å². The van der Waals surface area contributed by atoms with Gasteiger partial charge in [0.1, 0.15) is 5.52 Å². The van der Waals surface area contributed by atoms with Crippen LogP contribution in [0, 0.1) is 6.92 Å². The molecule has 2 aromatic rings. The van der Waals surface area contributed by atoms with Crippen LogP contribution in [-0.4, -0.2) is 23.5 Å². The van der Waals surface area contributed by atoms with Crippen LogP contribution in [0.2, 0.25) is 10.0 Å². The van der Waals surface area contributed by atoms with Crippen molar-refractivity contribution in [1.82, 2.24) is 10.3 Å². The summed E-state index contributed by atoms with van der Waals surface area (Å²) < 4.78 is 5.60. The summed E-state index contributed by atoms with van der Waals surface area (Å²) in [7, 11) is 0. The minimum atomic E-state index is -0.193. The third-order valence-electron chi connectivity index (χ3n) is 3.34. The van der Waals surface area contributed by atoms with Crippen LogP contribution in [-0.2, 0) is 4.79 Å². The van der Waals surface area contributed by atoms with Crippen molar-refractivity contribution in [3.05, 3.63) is 33.9 Å². The first kappa shape index (κ1) is 16.8. The summed E-state index contributed by atoms with van der Waals surface area (Å²) in [6.45, 7) is 5.69. The molecular formula is C16H18Cl2N2O2. The Labute approximate surface area is 139 Å². The summed E-state index contributed by atoms with van der Waals surface area (Å²) in [4.78, 5) is 16.3. The van der Waals surface area contributed by atoms with Gasteiger partial charge in [0.05, 0.1) is 10.0 Å². The average molecular weight is 341 g/mol. The van der Waals surface area contributed by atoms with Gasteiger partial charge in [-0.05, 0) is 38.5 Å². The Morgan fingerprint density at radius 1 is 1.36 bits per heavy atom. The van der Waals surface area contributed by atoms with E-state index in [9.17, 15) is 4.79 Å². The maximum absolute atomic E-state index is 11.8. The van der Waals surface area contributed by atoms with Crippen molar-refractivity contribution in [2.45, 2.75) is 33.2 Å². The largest absolute Gasteiger partial charge is 0.480 e. The fourth-order valence-corrected chi connectivity index (χ4v) is 2.55. The summed E-state index contributed by atoms with van der Waals surface area (Å²) in [6.07, 6.45) is 0.858. The van der Waals surface area contributed by atoms with Gasteiger partial charge in [0.25, 0.3) is 5.91 Å². The number of carbonyl (C=O) groups excluding carboxylic acids is 1. The Balaban J connectivity index is 2.27. The van der Waals surface area contributed by atoms with Crippen molar-refractivity contribution in [2.75, 3.05) is 6.61 Å². The van der Waals surface area contributed by atoms with Crippen LogP contribution in [0.25, 0.3) is 10.9 Å². The molecule has 0 bridgehead atoms. The zero-order chi connectivity index (χ0) is 16.3. The van der Waals surface area contributed by atoms with Crippen molar-refractivity contribution in [3.63, 3.8) is 0 Å². The lowest BCUT2D eigenvalue weighted by molar-refractivity contribution is -0.123. The second kappa shape index (κ2) is 7.16. The van der Waals surface area contributed by atoms with Gasteiger partial charge >= 0.3 is 0 Å². The molecule has 0 spiro atoms. The van der Waals surface area contributed by atoms with E-state index in [1.807, 2.05) is 32.9 Å². The Hall–Kier alpha value is -1.52. The van der Waals surface area contributed by atoms with E-state index in [4.69, 9.17) is 27.9 Å². The highest BCUT2D eigenvalue weighted by Gasteiger charge is 2.15. The van der Waals surface area contributed by atoms with Crippen LogP contribution in [0.4, 0.5) is 0 Å². The lowest BCUT2D eigenvalue weighted by Gasteiger charge is -2.14. The van der Waals surface area contributed by atoms with Crippen molar-refractivity contribution < 1.29 is 9.53 Å². The van der Waals surface area contributed by atoms with Gasteiger partial charge < -0.3 is 10.1 Å². The van der Waals surface area contributed by atoms with E-state index in [-0.39, 0.29) is 18.6 Å². The van der Waals surface area contributed by atoms with E-state index >= 15 is 0 Å². The van der Waals surface area contributed by atoms with Gasteiger partial charge in [-0.15, -0.1) is 0 Å². The topological polar surface area (TPSA) is 51.2 Å². The molecule has 0 aliphatic rings. The molecule has 2 rings (SSSR count). The SMILES string of the molecule is CCC(C)NC(=O)COc1c(Cl)cc(Cl)c2ccc(C)nc12. The molecular weight excluding hydrogens is 323 g/mol. The predicted octanol–water partition coefficient (Wildman–Crippen LogP) is 4.14. The van der Waals surface area contributed by atoms with Gasteiger partial charge in [0.2, 0.25) is 0 Å². The van der Waals surface area contributed by atoms with Crippen molar-refractivity contribution >= 4 is 40.0 Å². The van der Waals surface area contributed by atoms with Crippen LogP contribution in [0.15, 0.2) is 18.2 Å². The zero-order valence-electron chi connectivity index (χ0n) is 12.7. The quantitative estimate of drug-likeness (QED) is 0.889. The number of ether oxygens (including phenoxy) is 1. The maximum atomic E-state index is 11.8. The molecule has 0 aliphatic heterocycles. The van der Waals surface area contributed by atoms with Crippen LogP contribution < -0.4 is 10.1 Å². The monoisotopic (exact) mass is 340 g/mol. The lowest BCUT2D eigenvalue weighted by Crippen LogP contribution is -2.35. The van der Waals surface area contributed by atoms with E-state index in [1.54, 1.807) is 6.07 Å². The summed E-state index contributed by atoms with van der Waals surface area (Å²) >= 11 is 12.4. The molecule has 1 atom stereocenters. The number of nitrogens with zero attached hydrogens (tertiary/aromatic N) is 1. The Morgan fingerprint density at radius 2 is 2.09 bits per heavy atom. The number of rotatable bonds is 5. The second-order valence-electron chi connectivity index (χ2n) is 5.18. The molecule has 1 unspecified atom stereocenters. The van der Waals surface area contributed by atoms with Crippen LogP contribution in [0.5, 0.6) is 5.75 Å². The molecule has 6 heteroatoms. The highest BCUT2D eigenvalue weighted by atomic mass is 35.5. The molecule has 0 saturated carbocycles. The van der Waals surface area contributed by atoms with E-state index in [1.165, 1.54) is 0 Å². The molecule has 118 valence electrons. The highest BCUT2D eigenvalue weighted by molar-refractivity contribution is 6.39. The Bertz CT molecular complexity index is 704. The van der Waals surface area contributed by atoms with Crippen LogP contribution in [0.3, 0.4) is 0 Å². The third kappa shape index (κ3) is 3.81. The average Bonchev–Trinajstić information content (AvgIpc) is 2.46. The van der Waals surface area contributed by atoms with E-state index in [2.05, 4.69) is 10.3 Å². The normalized spacial score (nSPS) is 12.2. The molecule has 1 N–H and O–H groups in total. The molecule has 22 heavy (non-hydrogen) atoms. The Kier molecular flexibility index (Phi) is 5.48. The number of amides is 1. The number of halogens is 2. The molecule has 0 radical (unpaired) electrons. The lowest BCUT2D eigenvalue weighted by atomic mass is 10.2. The molecule has 4 nitrogen and oxygen atoms in total. The standard InChI is InChI=1S/C16H18Cl2N2O2/c1-4-9(2)19-14(21)8-22-16-13(18)7-12(17)11-6-5-10(3)20-15(11)16/h5-7,9H,4,8H2,1-3H3,(H,19,21). The summed E-state index contributed by atoms with van der Waals surface area (Å²) in [6, 6.07) is 5.43. The molecule has 0 aliphatic carbocycles. The van der Waals surface area contributed by atoms with Crippen molar-refractivity contribution in [2.24, 2.45) is 0 Å². The first-order chi connectivity index (χ1) is 10.4. The number of fused-ring (bicyclic) bond motifs is 1. The number of hydrogen-bond acceptors (Lipinski definition) is 3. The summed E-state index contributed by atoms with van der Waals surface area (Å²) in [5, 5.41) is 4.42. The second-order valence-corrected chi connectivity index (χ2v) is 6.00. The first-order valence-corrected chi connectivity index (χ1v) is 7.85. The minimum absolute atomic E-state index is 0.105. The molecule has 1 aromatic carbocycles. The van der Waals surface area contributed by atoms with E-state index in [0.29, 0.717) is 21.3 Å². The summed E-state index contributed by atoms with van der Waals surface area (Å²) in [5.74, 6) is 0.185. The van der Waals surface area contributed by atoms with Gasteiger partial charge in [0, 0.05) is 17.1 Å². The fraction of sp³-hybridized carbons (Fsp3) is 0.375. The molecule has 1 amide bonds. The number of pyridine rings is 1. The number of carbonyl (C=O) groups is 1. The van der Waals surface area contributed by atoms with Crippen LogP contribution in [0.1, 0.15) is 26.0 Å².